The van der Waals surface area contributed by atoms with Crippen molar-refractivity contribution in [1.82, 2.24) is 44.7 Å². The van der Waals surface area contributed by atoms with Gasteiger partial charge in [-0.15, -0.1) is 5.10 Å². The first kappa shape index (κ1) is 14.5. The van der Waals surface area contributed by atoms with Crippen molar-refractivity contribution in [2.45, 2.75) is 19.5 Å². The van der Waals surface area contributed by atoms with Crippen LogP contribution in [0.2, 0.25) is 0 Å². The van der Waals surface area contributed by atoms with Crippen LogP contribution in [-0.2, 0) is 13.6 Å². The number of likely N-dealkylation sites (tertiary alicyclic amines) is 1. The number of carbonyl (C=O) groups is 1. The number of hydrogen-bond acceptors (Lipinski definition) is 6. The Labute approximate surface area is 137 Å². The largest absolute Gasteiger partial charge is 0.333 e. The van der Waals surface area contributed by atoms with E-state index >= 15 is 0 Å². The number of carbonyl (C=O) groups excluding carboxylic acids is 1. The van der Waals surface area contributed by atoms with Gasteiger partial charge in [0.05, 0.1) is 30.3 Å². The standard InChI is InChI=1S/C14H17N9O/c1-10-5-13(20(2)18-10)14(24)21-8-12(9-21)22-6-11(17-19-22)7-23-15-3-4-16-23/h3-6,12H,7-9H2,1-2H3. The average molecular weight is 327 g/mol. The topological polar surface area (TPSA) is 99.5 Å². The molecule has 4 rings (SSSR count). The third-order valence-electron chi connectivity index (χ3n) is 4.07. The van der Waals surface area contributed by atoms with E-state index in [-0.39, 0.29) is 11.9 Å². The van der Waals surface area contributed by atoms with Crippen LogP contribution >= 0.6 is 0 Å². The molecule has 0 spiro atoms. The summed E-state index contributed by atoms with van der Waals surface area (Å²) in [6.45, 7) is 3.59. The molecular weight excluding hydrogens is 310 g/mol. The second-order valence-corrected chi connectivity index (χ2v) is 5.91. The van der Waals surface area contributed by atoms with Gasteiger partial charge in [0.15, 0.2) is 0 Å². The molecule has 10 heteroatoms. The van der Waals surface area contributed by atoms with E-state index in [1.807, 2.05) is 13.1 Å². The maximum atomic E-state index is 12.5. The zero-order valence-electron chi connectivity index (χ0n) is 13.4. The number of aromatic nitrogens is 8. The van der Waals surface area contributed by atoms with Crippen LogP contribution in [0.15, 0.2) is 24.7 Å². The van der Waals surface area contributed by atoms with Crippen LogP contribution in [0.3, 0.4) is 0 Å². The number of rotatable bonds is 4. The summed E-state index contributed by atoms with van der Waals surface area (Å²) in [6, 6.07) is 1.95. The molecule has 0 N–H and O–H groups in total. The van der Waals surface area contributed by atoms with E-state index in [1.54, 1.807) is 44.6 Å². The summed E-state index contributed by atoms with van der Waals surface area (Å²) in [7, 11) is 1.78. The number of amides is 1. The lowest BCUT2D eigenvalue weighted by Crippen LogP contribution is -2.51. The van der Waals surface area contributed by atoms with Crippen LogP contribution in [0.5, 0.6) is 0 Å². The molecule has 0 aliphatic carbocycles. The zero-order valence-corrected chi connectivity index (χ0v) is 13.4. The lowest BCUT2D eigenvalue weighted by atomic mass is 10.1. The monoisotopic (exact) mass is 327 g/mol. The summed E-state index contributed by atoms with van der Waals surface area (Å²) in [5, 5.41) is 20.6. The van der Waals surface area contributed by atoms with Crippen molar-refractivity contribution >= 4 is 5.91 Å². The van der Waals surface area contributed by atoms with E-state index in [1.165, 1.54) is 0 Å². The maximum absolute atomic E-state index is 12.5. The van der Waals surface area contributed by atoms with Gasteiger partial charge in [-0.05, 0) is 13.0 Å². The molecule has 24 heavy (non-hydrogen) atoms. The fourth-order valence-electron chi connectivity index (χ4n) is 2.80. The molecule has 3 aromatic rings. The first-order valence-corrected chi connectivity index (χ1v) is 7.65. The van der Waals surface area contributed by atoms with Crippen molar-refractivity contribution in [1.29, 1.82) is 0 Å². The number of aryl methyl sites for hydroxylation is 2. The summed E-state index contributed by atoms with van der Waals surface area (Å²) in [5.74, 6) is -0.00423. The summed E-state index contributed by atoms with van der Waals surface area (Å²) in [5.41, 5.74) is 2.24. The fraction of sp³-hybridized carbons (Fsp3) is 0.429. The summed E-state index contributed by atoms with van der Waals surface area (Å²) >= 11 is 0. The Bertz CT molecular complexity index is 857. The summed E-state index contributed by atoms with van der Waals surface area (Å²) < 4.78 is 3.42. The zero-order chi connectivity index (χ0) is 16.7. The summed E-state index contributed by atoms with van der Waals surface area (Å²) in [6.07, 6.45) is 5.13. The third-order valence-corrected chi connectivity index (χ3v) is 4.07. The summed E-state index contributed by atoms with van der Waals surface area (Å²) in [4.78, 5) is 15.8. The first-order valence-electron chi connectivity index (χ1n) is 7.65. The molecule has 1 fully saturated rings. The Morgan fingerprint density at radius 3 is 2.71 bits per heavy atom. The van der Waals surface area contributed by atoms with E-state index in [0.717, 1.165) is 11.4 Å². The first-order chi connectivity index (χ1) is 11.6. The Balaban J connectivity index is 1.38. The quantitative estimate of drug-likeness (QED) is 0.650. The highest BCUT2D eigenvalue weighted by molar-refractivity contribution is 5.93. The third kappa shape index (κ3) is 2.55. The van der Waals surface area contributed by atoms with Crippen molar-refractivity contribution in [3.8, 4) is 0 Å². The second kappa shape index (κ2) is 5.55. The van der Waals surface area contributed by atoms with Crippen LogP contribution in [0.25, 0.3) is 0 Å². The molecule has 4 heterocycles. The lowest BCUT2D eigenvalue weighted by Gasteiger charge is -2.38. The highest BCUT2D eigenvalue weighted by Gasteiger charge is 2.34. The highest BCUT2D eigenvalue weighted by atomic mass is 16.2. The minimum atomic E-state index is -0.00423. The molecule has 124 valence electrons. The van der Waals surface area contributed by atoms with Crippen molar-refractivity contribution in [3.63, 3.8) is 0 Å². The highest BCUT2D eigenvalue weighted by Crippen LogP contribution is 2.22. The Morgan fingerprint density at radius 1 is 1.29 bits per heavy atom. The van der Waals surface area contributed by atoms with Crippen LogP contribution < -0.4 is 0 Å². The predicted octanol–water partition coefficient (Wildman–Crippen LogP) is -0.343. The molecular formula is C14H17N9O. The molecule has 10 nitrogen and oxygen atoms in total. The molecule has 0 atom stereocenters. The van der Waals surface area contributed by atoms with Crippen molar-refractivity contribution < 1.29 is 4.79 Å². The lowest BCUT2D eigenvalue weighted by molar-refractivity contribution is 0.0487. The van der Waals surface area contributed by atoms with E-state index in [9.17, 15) is 4.79 Å². The van der Waals surface area contributed by atoms with Crippen molar-refractivity contribution in [3.05, 3.63) is 41.7 Å². The molecule has 0 aromatic carbocycles. The number of nitrogens with zero attached hydrogens (tertiary/aromatic N) is 9. The smallest absolute Gasteiger partial charge is 0.272 e. The normalized spacial score (nSPS) is 14.8. The molecule has 0 saturated carbocycles. The van der Waals surface area contributed by atoms with Crippen LogP contribution in [0.1, 0.15) is 27.9 Å². The molecule has 0 radical (unpaired) electrons. The molecule has 0 bridgehead atoms. The van der Waals surface area contributed by atoms with Gasteiger partial charge < -0.3 is 4.90 Å². The second-order valence-electron chi connectivity index (χ2n) is 5.91. The van der Waals surface area contributed by atoms with Gasteiger partial charge in [-0.25, -0.2) is 4.68 Å². The van der Waals surface area contributed by atoms with Gasteiger partial charge in [-0.3, -0.25) is 9.48 Å². The molecule has 1 aliphatic heterocycles. The van der Waals surface area contributed by atoms with E-state index < -0.39 is 0 Å². The Morgan fingerprint density at radius 2 is 2.04 bits per heavy atom. The number of hydrogen-bond donors (Lipinski definition) is 0. The molecule has 1 saturated heterocycles. The fourth-order valence-corrected chi connectivity index (χ4v) is 2.80. The molecule has 1 aliphatic rings. The molecule has 0 unspecified atom stereocenters. The van der Waals surface area contributed by atoms with Gasteiger partial charge in [-0.2, -0.15) is 20.1 Å². The molecule has 3 aromatic heterocycles. The van der Waals surface area contributed by atoms with Crippen molar-refractivity contribution in [2.24, 2.45) is 7.05 Å². The van der Waals surface area contributed by atoms with Gasteiger partial charge in [-0.1, -0.05) is 5.21 Å². The van der Waals surface area contributed by atoms with E-state index in [4.69, 9.17) is 0 Å². The van der Waals surface area contributed by atoms with Gasteiger partial charge in [0, 0.05) is 20.1 Å². The van der Waals surface area contributed by atoms with E-state index in [0.29, 0.717) is 25.3 Å². The SMILES string of the molecule is Cc1cc(C(=O)N2CC(n3cc(Cn4nccn4)nn3)C2)n(C)n1. The van der Waals surface area contributed by atoms with Gasteiger partial charge in [0.1, 0.15) is 17.9 Å². The van der Waals surface area contributed by atoms with Crippen LogP contribution in [-0.4, -0.2) is 63.7 Å². The maximum Gasteiger partial charge on any atom is 0.272 e. The average Bonchev–Trinajstić information content (AvgIpc) is 3.21. The predicted molar refractivity (Wildman–Crippen MR) is 82.0 cm³/mol. The van der Waals surface area contributed by atoms with Gasteiger partial charge in [0.25, 0.3) is 5.91 Å². The van der Waals surface area contributed by atoms with Gasteiger partial charge in [0.2, 0.25) is 0 Å². The Kier molecular flexibility index (Phi) is 3.36. The Hall–Kier alpha value is -3.04. The minimum Gasteiger partial charge on any atom is -0.333 e. The van der Waals surface area contributed by atoms with Gasteiger partial charge >= 0.3 is 0 Å². The van der Waals surface area contributed by atoms with Crippen LogP contribution in [0.4, 0.5) is 0 Å². The van der Waals surface area contributed by atoms with E-state index in [2.05, 4.69) is 25.6 Å². The molecule has 1 amide bonds. The van der Waals surface area contributed by atoms with Crippen molar-refractivity contribution in [2.75, 3.05) is 13.1 Å². The minimum absolute atomic E-state index is 0.00423. The van der Waals surface area contributed by atoms with Crippen LogP contribution in [0, 0.1) is 6.92 Å².